The summed E-state index contributed by atoms with van der Waals surface area (Å²) in [6, 6.07) is 11.6. The van der Waals surface area contributed by atoms with Crippen LogP contribution in [-0.2, 0) is 13.1 Å². The number of hydrogen-bond acceptors (Lipinski definition) is 3. The third-order valence-electron chi connectivity index (χ3n) is 3.92. The zero-order chi connectivity index (χ0) is 16.8. The lowest BCUT2D eigenvalue weighted by atomic mass is 10.1. The van der Waals surface area contributed by atoms with Gasteiger partial charge >= 0.3 is 0 Å². The van der Waals surface area contributed by atoms with Gasteiger partial charge in [0, 0.05) is 31.3 Å². The van der Waals surface area contributed by atoms with Gasteiger partial charge in [-0.1, -0.05) is 24.3 Å². The minimum absolute atomic E-state index is 0.183. The van der Waals surface area contributed by atoms with Gasteiger partial charge in [-0.3, -0.25) is 9.69 Å². The topological polar surface area (TPSA) is 59.3 Å². The van der Waals surface area contributed by atoms with E-state index in [9.17, 15) is 10.0 Å². The van der Waals surface area contributed by atoms with Gasteiger partial charge in [0.05, 0.1) is 5.56 Å². The van der Waals surface area contributed by atoms with Crippen molar-refractivity contribution in [2.75, 3.05) is 7.05 Å². The molecule has 1 heterocycles. The first kappa shape index (κ1) is 17.0. The van der Waals surface area contributed by atoms with Crippen LogP contribution < -0.4 is 10.0 Å². The molecule has 0 unspecified atom stereocenters. The van der Waals surface area contributed by atoms with Gasteiger partial charge in [-0.25, -0.2) is 0 Å². The summed E-state index contributed by atoms with van der Waals surface area (Å²) in [5.74, 6) is -0.183. The molecule has 0 radical (unpaired) electrons. The summed E-state index contributed by atoms with van der Waals surface area (Å²) < 4.78 is 0.661. The largest absolute Gasteiger partial charge is 0.619 e. The Morgan fingerprint density at radius 1 is 1.17 bits per heavy atom. The molecule has 5 heteroatoms. The lowest BCUT2D eigenvalue weighted by molar-refractivity contribution is -0.605. The molecule has 1 N–H and O–H groups in total. The lowest BCUT2D eigenvalue weighted by Crippen LogP contribution is -2.29. The van der Waals surface area contributed by atoms with Crippen LogP contribution in [0.3, 0.4) is 0 Å². The van der Waals surface area contributed by atoms with E-state index in [1.165, 1.54) is 30.1 Å². The SMILES string of the molecule is CC(C)N(C)Cc1ccccc1CNC(=O)c1cc[n+]([O-])cc1. The normalized spacial score (nSPS) is 11.0. The van der Waals surface area contributed by atoms with Gasteiger partial charge in [0.25, 0.3) is 5.91 Å². The third-order valence-corrected chi connectivity index (χ3v) is 3.92. The van der Waals surface area contributed by atoms with Crippen LogP contribution >= 0.6 is 0 Å². The Balaban J connectivity index is 2.03. The van der Waals surface area contributed by atoms with Crippen LogP contribution in [0.2, 0.25) is 0 Å². The first-order chi connectivity index (χ1) is 11.0. The zero-order valence-electron chi connectivity index (χ0n) is 13.8. The fourth-order valence-corrected chi connectivity index (χ4v) is 2.18. The minimum atomic E-state index is -0.183. The summed E-state index contributed by atoms with van der Waals surface area (Å²) in [6.45, 7) is 5.61. The van der Waals surface area contributed by atoms with Crippen molar-refractivity contribution in [3.05, 3.63) is 70.7 Å². The second kappa shape index (κ2) is 7.74. The zero-order valence-corrected chi connectivity index (χ0v) is 13.8. The molecule has 1 aromatic heterocycles. The smallest absolute Gasteiger partial charge is 0.252 e. The minimum Gasteiger partial charge on any atom is -0.619 e. The number of nitrogens with one attached hydrogen (secondary N) is 1. The van der Waals surface area contributed by atoms with Gasteiger partial charge in [-0.2, -0.15) is 4.73 Å². The number of rotatable bonds is 6. The number of carbonyl (C=O) groups excluding carboxylic acids is 1. The van der Waals surface area contributed by atoms with Crippen LogP contribution in [0.25, 0.3) is 0 Å². The quantitative estimate of drug-likeness (QED) is 0.656. The maximum atomic E-state index is 12.1. The van der Waals surface area contributed by atoms with Crippen molar-refractivity contribution in [1.82, 2.24) is 10.2 Å². The molecule has 2 rings (SSSR count). The Hall–Kier alpha value is -2.40. The summed E-state index contributed by atoms with van der Waals surface area (Å²) in [5, 5.41) is 13.9. The first-order valence-electron chi connectivity index (χ1n) is 7.71. The molecule has 2 aromatic rings. The van der Waals surface area contributed by atoms with E-state index in [4.69, 9.17) is 0 Å². The highest BCUT2D eigenvalue weighted by Crippen LogP contribution is 2.12. The van der Waals surface area contributed by atoms with Crippen LogP contribution in [0.4, 0.5) is 0 Å². The van der Waals surface area contributed by atoms with Gasteiger partial charge in [-0.15, -0.1) is 0 Å². The highest BCUT2D eigenvalue weighted by Gasteiger charge is 2.10. The molecule has 0 saturated heterocycles. The molecule has 0 atom stereocenters. The summed E-state index contributed by atoms with van der Waals surface area (Å²) in [7, 11) is 2.09. The van der Waals surface area contributed by atoms with Crippen LogP contribution in [0.15, 0.2) is 48.8 Å². The predicted molar refractivity (Wildman–Crippen MR) is 89.6 cm³/mol. The van der Waals surface area contributed by atoms with E-state index >= 15 is 0 Å². The summed E-state index contributed by atoms with van der Waals surface area (Å²) >= 11 is 0. The van der Waals surface area contributed by atoms with Crippen molar-refractivity contribution >= 4 is 5.91 Å². The molecule has 1 amide bonds. The molecule has 0 saturated carbocycles. The van der Waals surface area contributed by atoms with E-state index in [1.54, 1.807) is 0 Å². The maximum Gasteiger partial charge on any atom is 0.252 e. The number of benzene rings is 1. The number of pyridine rings is 1. The van der Waals surface area contributed by atoms with Crippen LogP contribution in [0.1, 0.15) is 35.3 Å². The molecule has 23 heavy (non-hydrogen) atoms. The summed E-state index contributed by atoms with van der Waals surface area (Å²) in [4.78, 5) is 14.4. The van der Waals surface area contributed by atoms with Crippen LogP contribution in [0.5, 0.6) is 0 Å². The molecule has 0 aliphatic carbocycles. The molecule has 122 valence electrons. The van der Waals surface area contributed by atoms with Crippen molar-refractivity contribution in [2.24, 2.45) is 0 Å². The second-order valence-electron chi connectivity index (χ2n) is 5.91. The van der Waals surface area contributed by atoms with Crippen LogP contribution in [-0.4, -0.2) is 23.9 Å². The molecule has 0 aliphatic heterocycles. The molecule has 0 spiro atoms. The van der Waals surface area contributed by atoms with Gasteiger partial charge in [-0.05, 0) is 32.0 Å². The molecule has 1 aromatic carbocycles. The fraction of sp³-hybridized carbons (Fsp3) is 0.333. The van der Waals surface area contributed by atoms with Gasteiger partial charge in [0.15, 0.2) is 12.4 Å². The molecule has 0 aliphatic rings. The lowest BCUT2D eigenvalue weighted by Gasteiger charge is -2.22. The summed E-state index contributed by atoms with van der Waals surface area (Å²) in [5.41, 5.74) is 2.78. The first-order valence-corrected chi connectivity index (χ1v) is 7.71. The molecular formula is C18H23N3O2. The molecule has 0 fully saturated rings. The van der Waals surface area contributed by atoms with Crippen molar-refractivity contribution in [3.8, 4) is 0 Å². The third kappa shape index (κ3) is 4.79. The number of nitrogens with zero attached hydrogens (tertiary/aromatic N) is 2. The Bertz CT molecular complexity index is 654. The summed E-state index contributed by atoms with van der Waals surface area (Å²) in [6.07, 6.45) is 2.64. The second-order valence-corrected chi connectivity index (χ2v) is 5.91. The van der Waals surface area contributed by atoms with E-state index in [2.05, 4.69) is 37.2 Å². The average Bonchev–Trinajstić information content (AvgIpc) is 2.54. The van der Waals surface area contributed by atoms with Gasteiger partial charge < -0.3 is 10.5 Å². The fourth-order valence-electron chi connectivity index (χ4n) is 2.18. The standard InChI is InChI=1S/C18H23N3O2/c1-14(2)20(3)13-17-7-5-4-6-16(17)12-19-18(22)15-8-10-21(23)11-9-15/h4-11,14H,12-13H2,1-3H3,(H,19,22). The van der Waals surface area contributed by atoms with E-state index < -0.39 is 0 Å². The molecular weight excluding hydrogens is 290 g/mol. The molecule has 0 bridgehead atoms. The average molecular weight is 313 g/mol. The van der Waals surface area contributed by atoms with Gasteiger partial charge in [0.1, 0.15) is 0 Å². The van der Waals surface area contributed by atoms with Crippen LogP contribution in [0, 0.1) is 5.21 Å². The maximum absolute atomic E-state index is 12.1. The Morgan fingerprint density at radius 3 is 2.39 bits per heavy atom. The number of carbonyl (C=O) groups is 1. The molecule has 5 nitrogen and oxygen atoms in total. The predicted octanol–water partition coefficient (Wildman–Crippen LogP) is 2.09. The monoisotopic (exact) mass is 313 g/mol. The Kier molecular flexibility index (Phi) is 5.71. The van der Waals surface area contributed by atoms with Gasteiger partial charge in [0.2, 0.25) is 0 Å². The Labute approximate surface area is 137 Å². The van der Waals surface area contributed by atoms with Crippen molar-refractivity contribution in [2.45, 2.75) is 33.0 Å². The van der Waals surface area contributed by atoms with Crippen molar-refractivity contribution in [1.29, 1.82) is 0 Å². The van der Waals surface area contributed by atoms with E-state index in [1.807, 2.05) is 18.2 Å². The van der Waals surface area contributed by atoms with E-state index in [0.29, 0.717) is 22.9 Å². The highest BCUT2D eigenvalue weighted by atomic mass is 16.5. The van der Waals surface area contributed by atoms with E-state index in [-0.39, 0.29) is 5.91 Å². The van der Waals surface area contributed by atoms with Crippen molar-refractivity contribution in [3.63, 3.8) is 0 Å². The number of hydrogen-bond donors (Lipinski definition) is 1. The Morgan fingerprint density at radius 2 is 1.78 bits per heavy atom. The van der Waals surface area contributed by atoms with E-state index in [0.717, 1.165) is 12.1 Å². The number of aromatic nitrogens is 1. The van der Waals surface area contributed by atoms with Crippen molar-refractivity contribution < 1.29 is 9.52 Å². The highest BCUT2D eigenvalue weighted by molar-refractivity contribution is 5.93. The number of amides is 1.